The number of nitrogens with zero attached hydrogens (tertiary/aromatic N) is 1. The molecule has 0 rings (SSSR count). The molecule has 3 heteroatoms. The van der Waals surface area contributed by atoms with Gasteiger partial charge in [0.2, 0.25) is 0 Å². The lowest BCUT2D eigenvalue weighted by Crippen LogP contribution is -2.25. The van der Waals surface area contributed by atoms with Crippen molar-refractivity contribution in [1.82, 2.24) is 4.90 Å². The van der Waals surface area contributed by atoms with E-state index >= 15 is 0 Å². The predicted molar refractivity (Wildman–Crippen MR) is 190 cm³/mol. The number of unbranched alkanes of at least 4 members (excludes halogenated alkanes) is 2. The Labute approximate surface area is 253 Å². The number of hydrogen-bond acceptors (Lipinski definition) is 3. The van der Waals surface area contributed by atoms with E-state index in [0.29, 0.717) is 15.6 Å². The van der Waals surface area contributed by atoms with Gasteiger partial charge >= 0.3 is 0 Å². The van der Waals surface area contributed by atoms with Crippen molar-refractivity contribution >= 4 is 23.5 Å². The molecule has 0 aromatic heterocycles. The lowest BCUT2D eigenvalue weighted by atomic mass is 9.84. The molecule has 0 aliphatic rings. The topological polar surface area (TPSA) is 3.24 Å². The normalized spacial score (nSPS) is 12.7. The van der Waals surface area contributed by atoms with E-state index < -0.39 is 0 Å². The van der Waals surface area contributed by atoms with Gasteiger partial charge in [-0.25, -0.2) is 0 Å². The zero-order chi connectivity index (χ0) is 30.8. The highest BCUT2D eigenvalue weighted by Gasteiger charge is 2.20. The summed E-state index contributed by atoms with van der Waals surface area (Å²) < 4.78 is 0.518. The van der Waals surface area contributed by atoms with Gasteiger partial charge in [0, 0.05) is 11.3 Å². The number of thioether (sulfide) groups is 2. The number of hydrogen-bond donors (Lipinski definition) is 0. The minimum absolute atomic E-state index is 0.448. The van der Waals surface area contributed by atoms with Crippen LogP contribution < -0.4 is 0 Å². The second-order valence-electron chi connectivity index (χ2n) is 13.4. The summed E-state index contributed by atoms with van der Waals surface area (Å²) >= 11 is 3.99. The average Bonchev–Trinajstić information content (AvgIpc) is 2.79. The van der Waals surface area contributed by atoms with Crippen LogP contribution in [-0.4, -0.2) is 48.6 Å². The van der Waals surface area contributed by atoms with Gasteiger partial charge in [0.25, 0.3) is 0 Å². The Hall–Kier alpha value is 0.140. The van der Waals surface area contributed by atoms with Crippen LogP contribution in [0.3, 0.4) is 0 Å². The Morgan fingerprint density at radius 3 is 1.45 bits per heavy atom. The van der Waals surface area contributed by atoms with Crippen molar-refractivity contribution in [2.24, 2.45) is 10.8 Å². The van der Waals surface area contributed by atoms with Crippen molar-refractivity contribution in [3.05, 3.63) is 24.3 Å². The first-order valence-electron chi connectivity index (χ1n) is 15.4. The highest BCUT2D eigenvalue weighted by Crippen LogP contribution is 2.33. The molecule has 0 N–H and O–H groups in total. The molecule has 0 bridgehead atoms. The van der Waals surface area contributed by atoms with Crippen LogP contribution >= 0.6 is 23.5 Å². The van der Waals surface area contributed by atoms with E-state index in [9.17, 15) is 0 Å². The van der Waals surface area contributed by atoms with Crippen LogP contribution in [0.1, 0.15) is 147 Å². The van der Waals surface area contributed by atoms with Gasteiger partial charge in [0.05, 0.1) is 0 Å². The van der Waals surface area contributed by atoms with E-state index in [0.717, 1.165) is 6.54 Å². The summed E-state index contributed by atoms with van der Waals surface area (Å²) in [6.45, 7) is 33.5. The van der Waals surface area contributed by atoms with Crippen molar-refractivity contribution in [1.29, 1.82) is 0 Å². The maximum absolute atomic E-state index is 3.94. The zero-order valence-electron chi connectivity index (χ0n) is 29.4. The third-order valence-electron chi connectivity index (χ3n) is 6.31. The van der Waals surface area contributed by atoms with Gasteiger partial charge in [-0.2, -0.15) is 23.5 Å². The van der Waals surface area contributed by atoms with Crippen LogP contribution in [0.2, 0.25) is 0 Å². The Morgan fingerprint density at radius 2 is 1.16 bits per heavy atom. The van der Waals surface area contributed by atoms with E-state index in [4.69, 9.17) is 0 Å². The summed E-state index contributed by atoms with van der Waals surface area (Å²) in [6, 6.07) is 0. The minimum Gasteiger partial charge on any atom is -0.309 e. The van der Waals surface area contributed by atoms with Gasteiger partial charge < -0.3 is 4.90 Å². The van der Waals surface area contributed by atoms with Crippen LogP contribution in [-0.2, 0) is 0 Å². The summed E-state index contributed by atoms with van der Waals surface area (Å²) in [4.78, 5) is 2.21. The fraction of sp³-hybridized carbons (Fsp3) is 0.886. The molecule has 0 aliphatic carbocycles. The minimum atomic E-state index is 0.448. The van der Waals surface area contributed by atoms with E-state index in [1.165, 1.54) is 87.5 Å². The van der Waals surface area contributed by atoms with Gasteiger partial charge in [-0.1, -0.05) is 92.7 Å². The summed E-state index contributed by atoms with van der Waals surface area (Å²) in [5.41, 5.74) is 3.64. The molecule has 0 aromatic carbocycles. The summed E-state index contributed by atoms with van der Waals surface area (Å²) in [5.74, 6) is 1.30. The lowest BCUT2D eigenvalue weighted by molar-refractivity contribution is 0.263. The highest BCUT2D eigenvalue weighted by molar-refractivity contribution is 8.00. The maximum atomic E-state index is 3.94. The first-order chi connectivity index (χ1) is 17.4. The van der Waals surface area contributed by atoms with Gasteiger partial charge in [-0.05, 0) is 108 Å². The average molecular weight is 574 g/mol. The van der Waals surface area contributed by atoms with E-state index in [1.807, 2.05) is 37.4 Å². The molecule has 1 atom stereocenters. The van der Waals surface area contributed by atoms with E-state index in [-0.39, 0.29) is 0 Å². The first kappa shape index (κ1) is 45.1. The largest absolute Gasteiger partial charge is 0.309 e. The van der Waals surface area contributed by atoms with E-state index in [2.05, 4.69) is 107 Å². The molecule has 1 nitrogen and oxygen atoms in total. The number of rotatable bonds is 17. The summed E-state index contributed by atoms with van der Waals surface area (Å²) in [5, 5.41) is 0. The van der Waals surface area contributed by atoms with Crippen molar-refractivity contribution in [2.75, 3.05) is 38.9 Å². The lowest BCUT2D eigenvalue weighted by Gasteiger charge is -2.27. The van der Waals surface area contributed by atoms with Crippen molar-refractivity contribution in [3.8, 4) is 0 Å². The van der Waals surface area contributed by atoms with Crippen LogP contribution in [0.25, 0.3) is 0 Å². The molecule has 0 amide bonds. The van der Waals surface area contributed by atoms with Gasteiger partial charge in [-0.3, -0.25) is 0 Å². The van der Waals surface area contributed by atoms with Crippen LogP contribution in [0, 0.1) is 10.8 Å². The zero-order valence-corrected chi connectivity index (χ0v) is 31.0. The summed E-state index contributed by atoms with van der Waals surface area (Å²) in [7, 11) is 4.20. The summed E-state index contributed by atoms with van der Waals surface area (Å²) in [6.07, 6.45) is 18.9. The van der Waals surface area contributed by atoms with Crippen LogP contribution in [0.4, 0.5) is 0 Å². The van der Waals surface area contributed by atoms with Crippen LogP contribution in [0.15, 0.2) is 24.3 Å². The fourth-order valence-electron chi connectivity index (χ4n) is 4.27. The molecule has 0 saturated heterocycles. The first-order valence-corrected chi connectivity index (χ1v) is 18.0. The molecular weight excluding hydrogens is 499 g/mol. The SMILES string of the molecule is C=C(C)CCCCC(C)(C)CCSC.C=C(C)CCCCC(C)(CCC)SC.CC.CN(C)CC(C)(C)C. The molecule has 0 aliphatic heterocycles. The predicted octanol–water partition coefficient (Wildman–Crippen LogP) is 12.6. The standard InChI is InChI=1S/2C13H26S.C7H17N.C2H6/c1-12(2)8-6-7-9-13(3,4)10-11-14-5;1-6-10-13(4,14-5)11-8-7-9-12(2)3;1-7(2,3)6-8(4)5;1-2/h1,6-11H2,2-5H3;2,6-11H2,1,3-5H3;6H2,1-5H3;1-2H3. The van der Waals surface area contributed by atoms with E-state index in [1.54, 1.807) is 0 Å². The molecule has 1 unspecified atom stereocenters. The molecule has 0 spiro atoms. The number of allylic oxidation sites excluding steroid dienone is 2. The van der Waals surface area contributed by atoms with Crippen LogP contribution in [0.5, 0.6) is 0 Å². The Balaban J connectivity index is -0.000000229. The molecule has 38 heavy (non-hydrogen) atoms. The van der Waals surface area contributed by atoms with Gasteiger partial charge in [0.15, 0.2) is 0 Å². The second kappa shape index (κ2) is 27.3. The maximum Gasteiger partial charge on any atom is 0.0129 e. The Bertz CT molecular complexity index is 531. The molecule has 0 radical (unpaired) electrons. The van der Waals surface area contributed by atoms with Crippen molar-refractivity contribution < 1.29 is 0 Å². The monoisotopic (exact) mass is 574 g/mol. The van der Waals surface area contributed by atoms with Gasteiger partial charge in [0.1, 0.15) is 0 Å². The second-order valence-corrected chi connectivity index (χ2v) is 15.8. The highest BCUT2D eigenvalue weighted by atomic mass is 32.2. The third-order valence-corrected chi connectivity index (χ3v) is 8.32. The third kappa shape index (κ3) is 40.6. The Morgan fingerprint density at radius 1 is 0.711 bits per heavy atom. The molecule has 0 fully saturated rings. The van der Waals surface area contributed by atoms with Crippen molar-refractivity contribution in [3.63, 3.8) is 0 Å². The molecule has 0 heterocycles. The Kier molecular flexibility index (Phi) is 32.4. The molecule has 0 saturated carbocycles. The van der Waals surface area contributed by atoms with Gasteiger partial charge in [-0.15, -0.1) is 13.2 Å². The van der Waals surface area contributed by atoms with Crippen molar-refractivity contribution in [2.45, 2.75) is 152 Å². The molecule has 0 aromatic rings. The molecular formula is C35H75NS2. The smallest absolute Gasteiger partial charge is 0.0129 e. The molecule has 232 valence electrons. The quantitative estimate of drug-likeness (QED) is 0.126. The fourth-order valence-corrected chi connectivity index (χ4v) is 5.78.